The van der Waals surface area contributed by atoms with Gasteiger partial charge < -0.3 is 19.7 Å². The van der Waals surface area contributed by atoms with Crippen LogP contribution in [0.5, 0.6) is 0 Å². The predicted molar refractivity (Wildman–Crippen MR) is 138 cm³/mol. The first-order chi connectivity index (χ1) is 17.0. The fourth-order valence-electron chi connectivity index (χ4n) is 5.23. The summed E-state index contributed by atoms with van der Waals surface area (Å²) in [5, 5.41) is 3.07. The summed E-state index contributed by atoms with van der Waals surface area (Å²) in [6, 6.07) is 7.15. The van der Waals surface area contributed by atoms with Crippen molar-refractivity contribution in [3.05, 3.63) is 70.7 Å². The van der Waals surface area contributed by atoms with Crippen molar-refractivity contribution in [3.8, 4) is 0 Å². The Bertz CT molecular complexity index is 1080. The van der Waals surface area contributed by atoms with Gasteiger partial charge in [0, 0.05) is 25.3 Å². The summed E-state index contributed by atoms with van der Waals surface area (Å²) in [7, 11) is 0. The van der Waals surface area contributed by atoms with E-state index in [0.29, 0.717) is 18.8 Å². The summed E-state index contributed by atoms with van der Waals surface area (Å²) in [4.78, 5) is 22.2. The lowest BCUT2D eigenvalue weighted by molar-refractivity contribution is 0.0942. The molecule has 2 aliphatic heterocycles. The molecule has 2 aliphatic rings. The quantitative estimate of drug-likeness (QED) is 0.514. The van der Waals surface area contributed by atoms with E-state index in [9.17, 15) is 9.18 Å². The van der Waals surface area contributed by atoms with Crippen LogP contribution in [-0.4, -0.2) is 58.0 Å². The Kier molecular flexibility index (Phi) is 8.39. The number of fused-ring (bicyclic) bond motifs is 1. The van der Waals surface area contributed by atoms with Gasteiger partial charge in [-0.05, 0) is 87.7 Å². The van der Waals surface area contributed by atoms with Crippen LogP contribution in [0.2, 0.25) is 0 Å². The zero-order valence-electron chi connectivity index (χ0n) is 21.3. The number of allylic oxidation sites excluding steroid dienone is 2. The second-order valence-electron chi connectivity index (χ2n) is 9.44. The Morgan fingerprint density at radius 2 is 2.06 bits per heavy atom. The van der Waals surface area contributed by atoms with Crippen molar-refractivity contribution < 1.29 is 9.18 Å². The fourth-order valence-corrected chi connectivity index (χ4v) is 5.23. The number of carbonyl (C=O) groups excluding carboxylic acids is 1. The third-order valence-corrected chi connectivity index (χ3v) is 7.28. The molecule has 0 spiro atoms. The van der Waals surface area contributed by atoms with Gasteiger partial charge >= 0.3 is 0 Å². The number of carbonyl (C=O) groups is 1. The highest BCUT2D eigenvalue weighted by Gasteiger charge is 2.28. The highest BCUT2D eigenvalue weighted by atomic mass is 19.1. The van der Waals surface area contributed by atoms with Crippen molar-refractivity contribution in [1.82, 2.24) is 24.7 Å². The second-order valence-corrected chi connectivity index (χ2v) is 9.44. The second kappa shape index (κ2) is 11.7. The number of aromatic nitrogens is 2. The van der Waals surface area contributed by atoms with Gasteiger partial charge in [-0.15, -0.1) is 0 Å². The number of nitrogens with zero attached hydrogens (tertiary/aromatic N) is 4. The molecule has 1 saturated heterocycles. The Balaban J connectivity index is 1.46. The van der Waals surface area contributed by atoms with E-state index in [1.807, 2.05) is 16.7 Å². The highest BCUT2D eigenvalue weighted by Crippen LogP contribution is 2.37. The molecule has 1 fully saturated rings. The zero-order valence-corrected chi connectivity index (χ0v) is 21.3. The van der Waals surface area contributed by atoms with Crippen LogP contribution in [0.15, 0.2) is 47.8 Å². The molecule has 3 heterocycles. The number of benzene rings is 1. The molecule has 4 rings (SSSR count). The van der Waals surface area contributed by atoms with Crippen LogP contribution in [0.4, 0.5) is 4.39 Å². The molecule has 7 heteroatoms. The zero-order chi connectivity index (χ0) is 24.8. The van der Waals surface area contributed by atoms with Gasteiger partial charge in [-0.2, -0.15) is 0 Å². The summed E-state index contributed by atoms with van der Waals surface area (Å²) in [6.45, 7) is 11.8. The maximum Gasteiger partial charge on any atom is 0.269 e. The molecule has 35 heavy (non-hydrogen) atoms. The molecule has 2 aromatic rings. The number of hydrogen-bond donors (Lipinski definition) is 1. The predicted octanol–water partition coefficient (Wildman–Crippen LogP) is 5.01. The van der Waals surface area contributed by atoms with E-state index < -0.39 is 0 Å². The van der Waals surface area contributed by atoms with E-state index in [-0.39, 0.29) is 17.8 Å². The lowest BCUT2D eigenvalue weighted by Gasteiger charge is -2.30. The summed E-state index contributed by atoms with van der Waals surface area (Å²) in [6.07, 6.45) is 9.68. The van der Waals surface area contributed by atoms with Gasteiger partial charge in [0.1, 0.15) is 17.3 Å². The Hall–Kier alpha value is -2.93. The molecule has 0 saturated carbocycles. The number of hydrogen-bond acceptors (Lipinski definition) is 4. The minimum atomic E-state index is -0.186. The number of amides is 1. The first-order valence-corrected chi connectivity index (χ1v) is 13.0. The van der Waals surface area contributed by atoms with Crippen molar-refractivity contribution in [1.29, 1.82) is 0 Å². The van der Waals surface area contributed by atoms with Gasteiger partial charge in [0.05, 0.1) is 12.2 Å². The SMILES string of the molecule is CCN(CC)CCCNC(=O)c1cnc2n1CCC(C)=C(N1CCCC1c1cccc(F)c1)C=C2. The van der Waals surface area contributed by atoms with Crippen LogP contribution in [0.1, 0.15) is 74.4 Å². The summed E-state index contributed by atoms with van der Waals surface area (Å²) >= 11 is 0. The van der Waals surface area contributed by atoms with Crippen LogP contribution in [0.3, 0.4) is 0 Å². The van der Waals surface area contributed by atoms with Crippen LogP contribution in [0, 0.1) is 5.82 Å². The van der Waals surface area contributed by atoms with Crippen LogP contribution >= 0.6 is 0 Å². The summed E-state index contributed by atoms with van der Waals surface area (Å²) < 4.78 is 15.9. The highest BCUT2D eigenvalue weighted by molar-refractivity contribution is 5.92. The molecule has 0 bridgehead atoms. The fraction of sp³-hybridized carbons (Fsp3) is 0.500. The molecule has 1 N–H and O–H groups in total. The molecular weight excluding hydrogens is 441 g/mol. The van der Waals surface area contributed by atoms with Gasteiger partial charge in [-0.1, -0.05) is 26.0 Å². The average Bonchev–Trinajstić information content (AvgIpc) is 3.49. The van der Waals surface area contributed by atoms with Gasteiger partial charge in [-0.25, -0.2) is 9.37 Å². The van der Waals surface area contributed by atoms with Crippen LogP contribution < -0.4 is 5.32 Å². The van der Waals surface area contributed by atoms with E-state index in [4.69, 9.17) is 0 Å². The van der Waals surface area contributed by atoms with Crippen LogP contribution in [0.25, 0.3) is 6.08 Å². The van der Waals surface area contributed by atoms with Gasteiger partial charge in [-0.3, -0.25) is 4.79 Å². The Morgan fingerprint density at radius 3 is 2.83 bits per heavy atom. The smallest absolute Gasteiger partial charge is 0.269 e. The van der Waals surface area contributed by atoms with E-state index in [1.54, 1.807) is 18.3 Å². The summed E-state index contributed by atoms with van der Waals surface area (Å²) in [5.41, 5.74) is 4.10. The third-order valence-electron chi connectivity index (χ3n) is 7.28. The molecule has 1 atom stereocenters. The monoisotopic (exact) mass is 479 g/mol. The van der Waals surface area contributed by atoms with E-state index >= 15 is 0 Å². The van der Waals surface area contributed by atoms with E-state index in [0.717, 1.165) is 63.3 Å². The van der Waals surface area contributed by atoms with Gasteiger partial charge in [0.25, 0.3) is 5.91 Å². The minimum absolute atomic E-state index is 0.0650. The molecule has 1 unspecified atom stereocenters. The first-order valence-electron chi connectivity index (χ1n) is 13.0. The number of imidazole rings is 1. The third kappa shape index (κ3) is 5.84. The van der Waals surface area contributed by atoms with E-state index in [1.165, 1.54) is 17.3 Å². The number of likely N-dealkylation sites (tertiary alicyclic amines) is 1. The molecule has 0 aliphatic carbocycles. The largest absolute Gasteiger partial charge is 0.365 e. The molecule has 1 aromatic carbocycles. The van der Waals surface area contributed by atoms with Crippen molar-refractivity contribution >= 4 is 12.0 Å². The van der Waals surface area contributed by atoms with E-state index in [2.05, 4.69) is 46.9 Å². The first kappa shape index (κ1) is 25.2. The topological polar surface area (TPSA) is 53.4 Å². The lowest BCUT2D eigenvalue weighted by Crippen LogP contribution is -2.31. The van der Waals surface area contributed by atoms with Crippen molar-refractivity contribution in [2.24, 2.45) is 0 Å². The standard InChI is InChI=1S/C28H38FN5O/c1-4-32(5-2)16-8-15-30-28(35)26-20-31-27-13-12-24(21(3)14-18-34(26)27)33-17-7-11-25(33)22-9-6-10-23(29)19-22/h6,9-10,12-13,19-20,25H,4-5,7-8,11,14-18H2,1-3H3,(H,30,35). The average molecular weight is 480 g/mol. The maximum absolute atomic E-state index is 13.9. The molecule has 188 valence electrons. The summed E-state index contributed by atoms with van der Waals surface area (Å²) in [5.74, 6) is 0.545. The Labute approximate surface area is 208 Å². The lowest BCUT2D eigenvalue weighted by atomic mass is 10.0. The molecule has 1 amide bonds. The van der Waals surface area contributed by atoms with Crippen molar-refractivity contribution in [2.75, 3.05) is 32.7 Å². The maximum atomic E-state index is 13.9. The number of halogens is 1. The molecule has 6 nitrogen and oxygen atoms in total. The molecular formula is C28H38FN5O. The van der Waals surface area contributed by atoms with Crippen molar-refractivity contribution in [2.45, 2.75) is 59.0 Å². The van der Waals surface area contributed by atoms with Gasteiger partial charge in [0.2, 0.25) is 0 Å². The molecule has 0 radical (unpaired) electrons. The normalized spacial score (nSPS) is 18.1. The molecule has 1 aromatic heterocycles. The number of rotatable bonds is 9. The minimum Gasteiger partial charge on any atom is -0.365 e. The van der Waals surface area contributed by atoms with Crippen LogP contribution in [-0.2, 0) is 6.54 Å². The Morgan fingerprint density at radius 1 is 1.23 bits per heavy atom. The van der Waals surface area contributed by atoms with Crippen molar-refractivity contribution in [3.63, 3.8) is 0 Å². The number of nitrogens with one attached hydrogen (secondary N) is 1. The van der Waals surface area contributed by atoms with Gasteiger partial charge in [0.15, 0.2) is 0 Å².